The molecule has 2 atom stereocenters. The van der Waals surface area contributed by atoms with Crippen LogP contribution in [0.4, 0.5) is 0 Å². The van der Waals surface area contributed by atoms with Crippen molar-refractivity contribution in [1.82, 2.24) is 5.32 Å². The normalized spacial score (nSPS) is 14.4. The molecule has 0 radical (unpaired) electrons. The molecule has 3 heteroatoms. The topological polar surface area (TPSA) is 29.1 Å². The Hall–Kier alpha value is -0.240. The van der Waals surface area contributed by atoms with E-state index in [1.807, 2.05) is 6.92 Å². The van der Waals surface area contributed by atoms with Crippen molar-refractivity contribution in [3.63, 3.8) is 0 Å². The maximum atomic E-state index is 11.6. The number of hydrogen-bond acceptors (Lipinski definition) is 1. The molecule has 0 aliphatic carbocycles. The highest BCUT2D eigenvalue weighted by Gasteiger charge is 2.13. The van der Waals surface area contributed by atoms with Crippen molar-refractivity contribution in [2.45, 2.75) is 71.8 Å². The van der Waals surface area contributed by atoms with E-state index >= 15 is 0 Å². The molecule has 0 spiro atoms. The van der Waals surface area contributed by atoms with Crippen LogP contribution in [0.15, 0.2) is 0 Å². The van der Waals surface area contributed by atoms with Gasteiger partial charge in [0.1, 0.15) is 0 Å². The summed E-state index contributed by atoms with van der Waals surface area (Å²) in [5, 5.41) is 3.01. The summed E-state index contributed by atoms with van der Waals surface area (Å²) in [5.74, 6) is 1.11. The minimum atomic E-state index is 0.171. The molecule has 0 saturated heterocycles. The summed E-state index contributed by atoms with van der Waals surface area (Å²) >= 11 is 5.75. The van der Waals surface area contributed by atoms with Crippen LogP contribution in [0.25, 0.3) is 0 Å². The smallest absolute Gasteiger partial charge is 0.220 e. The van der Waals surface area contributed by atoms with E-state index < -0.39 is 0 Å². The molecule has 1 N–H and O–H groups in total. The predicted molar refractivity (Wildman–Crippen MR) is 75.5 cm³/mol. The lowest BCUT2D eigenvalue weighted by Gasteiger charge is -2.19. The van der Waals surface area contributed by atoms with Gasteiger partial charge in [-0.1, -0.05) is 46.0 Å². The van der Waals surface area contributed by atoms with Crippen LogP contribution in [0.2, 0.25) is 0 Å². The zero-order valence-electron chi connectivity index (χ0n) is 11.6. The summed E-state index contributed by atoms with van der Waals surface area (Å²) < 4.78 is 0. The molecule has 0 aromatic carbocycles. The molecule has 0 aromatic rings. The van der Waals surface area contributed by atoms with Crippen molar-refractivity contribution in [2.75, 3.05) is 5.88 Å². The highest BCUT2D eigenvalue weighted by Crippen LogP contribution is 2.08. The fraction of sp³-hybridized carbons (Fsp3) is 0.929. The average molecular weight is 262 g/mol. The maximum absolute atomic E-state index is 11.6. The number of carbonyl (C=O) groups excluding carboxylic acids is 1. The van der Waals surface area contributed by atoms with Gasteiger partial charge in [0.15, 0.2) is 0 Å². The van der Waals surface area contributed by atoms with E-state index in [1.165, 1.54) is 32.1 Å². The summed E-state index contributed by atoms with van der Waals surface area (Å²) in [6, 6.07) is 0.181. The molecule has 0 fully saturated rings. The zero-order chi connectivity index (χ0) is 13.1. The minimum Gasteiger partial charge on any atom is -0.353 e. The average Bonchev–Trinajstić information content (AvgIpc) is 2.32. The zero-order valence-corrected chi connectivity index (χ0v) is 12.4. The van der Waals surface area contributed by atoms with Crippen molar-refractivity contribution >= 4 is 17.5 Å². The minimum absolute atomic E-state index is 0.171. The van der Waals surface area contributed by atoms with Gasteiger partial charge in [-0.05, 0) is 19.3 Å². The summed E-state index contributed by atoms with van der Waals surface area (Å²) in [5.41, 5.74) is 0. The summed E-state index contributed by atoms with van der Waals surface area (Å²) in [4.78, 5) is 11.6. The number of amides is 1. The Morgan fingerprint density at radius 3 is 2.29 bits per heavy atom. The fourth-order valence-electron chi connectivity index (χ4n) is 1.67. The van der Waals surface area contributed by atoms with Crippen LogP contribution in [0.3, 0.4) is 0 Å². The Labute approximate surface area is 111 Å². The first kappa shape index (κ1) is 16.8. The van der Waals surface area contributed by atoms with Gasteiger partial charge in [-0.3, -0.25) is 4.79 Å². The van der Waals surface area contributed by atoms with Gasteiger partial charge in [-0.25, -0.2) is 0 Å². The Morgan fingerprint density at radius 2 is 1.71 bits per heavy atom. The molecule has 1 amide bonds. The first-order valence-electron chi connectivity index (χ1n) is 6.97. The van der Waals surface area contributed by atoms with Crippen molar-refractivity contribution in [3.8, 4) is 0 Å². The van der Waals surface area contributed by atoms with Crippen molar-refractivity contribution < 1.29 is 4.79 Å². The summed E-state index contributed by atoms with van der Waals surface area (Å²) in [7, 11) is 0. The Morgan fingerprint density at radius 1 is 1.12 bits per heavy atom. The Bertz CT molecular complexity index is 197. The molecular weight excluding hydrogens is 234 g/mol. The van der Waals surface area contributed by atoms with Crippen molar-refractivity contribution in [2.24, 2.45) is 5.92 Å². The third kappa shape index (κ3) is 9.46. The largest absolute Gasteiger partial charge is 0.353 e. The van der Waals surface area contributed by atoms with Gasteiger partial charge in [0.25, 0.3) is 0 Å². The van der Waals surface area contributed by atoms with Crippen molar-refractivity contribution in [3.05, 3.63) is 0 Å². The number of halogens is 1. The first-order valence-corrected chi connectivity index (χ1v) is 7.50. The van der Waals surface area contributed by atoms with E-state index in [2.05, 4.69) is 19.2 Å². The number of rotatable bonds is 10. The summed E-state index contributed by atoms with van der Waals surface area (Å²) in [6.45, 7) is 6.29. The number of nitrogens with one attached hydrogen (secondary N) is 1. The molecule has 0 aromatic heterocycles. The quantitative estimate of drug-likeness (QED) is 0.465. The van der Waals surface area contributed by atoms with E-state index in [1.54, 1.807) is 0 Å². The summed E-state index contributed by atoms with van der Waals surface area (Å²) in [6.07, 6.45) is 7.99. The third-order valence-corrected chi connectivity index (χ3v) is 3.73. The monoisotopic (exact) mass is 261 g/mol. The van der Waals surface area contributed by atoms with Gasteiger partial charge in [-0.2, -0.15) is 0 Å². The van der Waals surface area contributed by atoms with Crippen LogP contribution in [0.5, 0.6) is 0 Å². The lowest BCUT2D eigenvalue weighted by Crippen LogP contribution is -2.37. The lowest BCUT2D eigenvalue weighted by atomic mass is 10.1. The highest BCUT2D eigenvalue weighted by molar-refractivity contribution is 6.18. The molecule has 0 bridgehead atoms. The fourth-order valence-corrected chi connectivity index (χ4v) is 1.94. The van der Waals surface area contributed by atoms with Crippen LogP contribution in [-0.4, -0.2) is 17.8 Å². The van der Waals surface area contributed by atoms with Gasteiger partial charge in [-0.15, -0.1) is 11.6 Å². The molecule has 0 heterocycles. The maximum Gasteiger partial charge on any atom is 0.220 e. The molecular formula is C14H28ClNO. The van der Waals surface area contributed by atoms with Crippen LogP contribution < -0.4 is 5.32 Å². The molecule has 17 heavy (non-hydrogen) atoms. The van der Waals surface area contributed by atoms with Gasteiger partial charge in [0.2, 0.25) is 5.91 Å². The number of alkyl halides is 1. The molecule has 2 nitrogen and oxygen atoms in total. The Kier molecular flexibility index (Phi) is 10.7. The van der Waals surface area contributed by atoms with Gasteiger partial charge in [0, 0.05) is 18.3 Å². The number of carbonyl (C=O) groups is 1. The lowest BCUT2D eigenvalue weighted by molar-refractivity contribution is -0.122. The molecule has 2 unspecified atom stereocenters. The van der Waals surface area contributed by atoms with E-state index in [4.69, 9.17) is 11.6 Å². The van der Waals surface area contributed by atoms with Gasteiger partial charge in [0.05, 0.1) is 0 Å². The van der Waals surface area contributed by atoms with Crippen LogP contribution in [-0.2, 0) is 4.79 Å². The van der Waals surface area contributed by atoms with Crippen molar-refractivity contribution in [1.29, 1.82) is 0 Å². The van der Waals surface area contributed by atoms with E-state index in [9.17, 15) is 4.79 Å². The standard InChI is InChI=1S/C14H28ClNO/c1-4-5-6-7-8-9-10-14(17)16-13(3)12(2)11-15/h12-13H,4-11H2,1-3H3,(H,16,17). The predicted octanol–water partition coefficient (Wildman–Crippen LogP) is 4.12. The van der Waals surface area contributed by atoms with Crippen LogP contribution >= 0.6 is 11.6 Å². The van der Waals surface area contributed by atoms with Gasteiger partial charge >= 0.3 is 0 Å². The van der Waals surface area contributed by atoms with E-state index in [-0.39, 0.29) is 11.9 Å². The first-order chi connectivity index (χ1) is 8.11. The van der Waals surface area contributed by atoms with Gasteiger partial charge < -0.3 is 5.32 Å². The SMILES string of the molecule is CCCCCCCCC(=O)NC(C)C(C)CCl. The van der Waals surface area contributed by atoms with Crippen LogP contribution in [0, 0.1) is 5.92 Å². The number of hydrogen-bond donors (Lipinski definition) is 1. The second-order valence-electron chi connectivity index (χ2n) is 5.01. The molecule has 102 valence electrons. The molecule has 0 aliphatic heterocycles. The second kappa shape index (κ2) is 10.9. The third-order valence-electron chi connectivity index (χ3n) is 3.24. The molecule has 0 rings (SSSR count). The van der Waals surface area contributed by atoms with E-state index in [0.717, 1.165) is 6.42 Å². The second-order valence-corrected chi connectivity index (χ2v) is 5.31. The van der Waals surface area contributed by atoms with E-state index in [0.29, 0.717) is 18.2 Å². The van der Waals surface area contributed by atoms with Crippen LogP contribution in [0.1, 0.15) is 65.7 Å². The molecule has 0 saturated carbocycles. The molecule has 0 aliphatic rings. The highest BCUT2D eigenvalue weighted by atomic mass is 35.5. The number of unbranched alkanes of at least 4 members (excludes halogenated alkanes) is 5. The Balaban J connectivity index is 3.46.